The van der Waals surface area contributed by atoms with Gasteiger partial charge in [0, 0.05) is 4.47 Å². The van der Waals surface area contributed by atoms with Crippen LogP contribution in [0.25, 0.3) is 0 Å². The Labute approximate surface area is 118 Å². The normalized spacial score (nSPS) is 12.4. The molecular weight excluding hydrogens is 314 g/mol. The van der Waals surface area contributed by atoms with Gasteiger partial charge in [-0.3, -0.25) is 11.3 Å². The highest BCUT2D eigenvalue weighted by Gasteiger charge is 2.13. The topological polar surface area (TPSA) is 38.0 Å². The molecule has 0 saturated heterocycles. The molecular formula is C14H13BrF2N2. The quantitative estimate of drug-likeness (QED) is 0.667. The van der Waals surface area contributed by atoms with E-state index in [4.69, 9.17) is 5.84 Å². The molecule has 0 aromatic heterocycles. The highest BCUT2D eigenvalue weighted by Crippen LogP contribution is 2.22. The van der Waals surface area contributed by atoms with Crippen molar-refractivity contribution < 1.29 is 8.78 Å². The molecule has 5 heteroatoms. The molecule has 0 aliphatic rings. The van der Waals surface area contributed by atoms with Crippen LogP contribution in [0.2, 0.25) is 0 Å². The van der Waals surface area contributed by atoms with Crippen molar-refractivity contribution >= 4 is 15.9 Å². The van der Waals surface area contributed by atoms with Crippen LogP contribution in [0.1, 0.15) is 17.2 Å². The van der Waals surface area contributed by atoms with Crippen LogP contribution in [-0.4, -0.2) is 0 Å². The van der Waals surface area contributed by atoms with Crippen LogP contribution in [0.3, 0.4) is 0 Å². The summed E-state index contributed by atoms with van der Waals surface area (Å²) in [6, 6.07) is 10.5. The fourth-order valence-electron chi connectivity index (χ4n) is 1.89. The van der Waals surface area contributed by atoms with Crippen molar-refractivity contribution in [3.8, 4) is 0 Å². The summed E-state index contributed by atoms with van der Waals surface area (Å²) in [6.07, 6.45) is 0.382. The smallest absolute Gasteiger partial charge is 0.126 e. The molecule has 3 N–H and O–H groups in total. The monoisotopic (exact) mass is 326 g/mol. The first-order valence-electron chi connectivity index (χ1n) is 5.75. The van der Waals surface area contributed by atoms with E-state index in [0.29, 0.717) is 12.0 Å². The number of nitrogens with one attached hydrogen (secondary N) is 1. The van der Waals surface area contributed by atoms with Crippen LogP contribution in [0, 0.1) is 11.6 Å². The van der Waals surface area contributed by atoms with E-state index in [1.807, 2.05) is 0 Å². The lowest BCUT2D eigenvalue weighted by molar-refractivity contribution is 0.527. The van der Waals surface area contributed by atoms with Crippen molar-refractivity contribution in [1.29, 1.82) is 0 Å². The van der Waals surface area contributed by atoms with Crippen molar-refractivity contribution in [3.05, 3.63) is 69.7 Å². The molecule has 0 radical (unpaired) electrons. The Balaban J connectivity index is 2.23. The van der Waals surface area contributed by atoms with E-state index >= 15 is 0 Å². The maximum Gasteiger partial charge on any atom is 0.126 e. The second kappa shape index (κ2) is 6.23. The second-order valence-electron chi connectivity index (χ2n) is 4.21. The molecule has 0 fully saturated rings. The summed E-state index contributed by atoms with van der Waals surface area (Å²) in [5.41, 5.74) is 3.98. The summed E-state index contributed by atoms with van der Waals surface area (Å²) in [4.78, 5) is 0. The first kappa shape index (κ1) is 14.1. The zero-order chi connectivity index (χ0) is 13.8. The summed E-state index contributed by atoms with van der Waals surface area (Å²) >= 11 is 3.31. The molecule has 0 spiro atoms. The lowest BCUT2D eigenvalue weighted by Gasteiger charge is -2.17. The molecule has 2 aromatic rings. The van der Waals surface area contributed by atoms with E-state index in [1.54, 1.807) is 24.3 Å². The standard InChI is InChI=1S/C14H13BrF2N2/c15-11-3-6-13(17)10(7-11)8-14(19-18)9-1-4-12(16)5-2-9/h1-7,14,19H,8,18H2. The highest BCUT2D eigenvalue weighted by atomic mass is 79.9. The SMILES string of the molecule is NNC(Cc1cc(Br)ccc1F)c1ccc(F)cc1. The Bertz CT molecular complexity index is 558. The summed E-state index contributed by atoms with van der Waals surface area (Å²) in [6.45, 7) is 0. The van der Waals surface area contributed by atoms with E-state index in [-0.39, 0.29) is 17.7 Å². The number of hydrazine groups is 1. The van der Waals surface area contributed by atoms with Crippen molar-refractivity contribution in [2.45, 2.75) is 12.5 Å². The van der Waals surface area contributed by atoms with Crippen molar-refractivity contribution in [2.24, 2.45) is 5.84 Å². The minimum atomic E-state index is -0.312. The lowest BCUT2D eigenvalue weighted by Crippen LogP contribution is -2.29. The maximum absolute atomic E-state index is 13.7. The molecule has 0 amide bonds. The Hall–Kier alpha value is -1.30. The number of benzene rings is 2. The highest BCUT2D eigenvalue weighted by molar-refractivity contribution is 9.10. The number of nitrogens with two attached hydrogens (primary N) is 1. The van der Waals surface area contributed by atoms with E-state index in [0.717, 1.165) is 10.0 Å². The third kappa shape index (κ3) is 3.59. The number of rotatable bonds is 4. The average Bonchev–Trinajstić information content (AvgIpc) is 2.41. The van der Waals surface area contributed by atoms with Gasteiger partial charge in [0.2, 0.25) is 0 Å². The molecule has 2 aromatic carbocycles. The Morgan fingerprint density at radius 3 is 2.42 bits per heavy atom. The average molecular weight is 327 g/mol. The van der Waals surface area contributed by atoms with Gasteiger partial charge in [0.15, 0.2) is 0 Å². The molecule has 0 heterocycles. The van der Waals surface area contributed by atoms with Crippen LogP contribution < -0.4 is 11.3 Å². The van der Waals surface area contributed by atoms with Crippen molar-refractivity contribution in [2.75, 3.05) is 0 Å². The molecule has 2 rings (SSSR count). The van der Waals surface area contributed by atoms with Gasteiger partial charge in [-0.25, -0.2) is 8.78 Å². The van der Waals surface area contributed by atoms with Gasteiger partial charge < -0.3 is 0 Å². The zero-order valence-corrected chi connectivity index (χ0v) is 11.6. The molecule has 0 bridgehead atoms. The summed E-state index contributed by atoms with van der Waals surface area (Å²) in [5, 5.41) is 0. The summed E-state index contributed by atoms with van der Waals surface area (Å²) in [5.74, 6) is 4.90. The molecule has 2 nitrogen and oxygen atoms in total. The molecule has 0 aliphatic carbocycles. The Kier molecular flexibility index (Phi) is 4.63. The molecule has 100 valence electrons. The van der Waals surface area contributed by atoms with Gasteiger partial charge in [0.25, 0.3) is 0 Å². The van der Waals surface area contributed by atoms with Crippen LogP contribution in [0.15, 0.2) is 46.9 Å². The molecule has 0 aliphatic heterocycles. The van der Waals surface area contributed by atoms with Gasteiger partial charge in [-0.05, 0) is 47.9 Å². The Morgan fingerprint density at radius 2 is 1.79 bits per heavy atom. The zero-order valence-electron chi connectivity index (χ0n) is 10.0. The minimum absolute atomic E-state index is 0.274. The van der Waals surface area contributed by atoms with E-state index in [9.17, 15) is 8.78 Å². The largest absolute Gasteiger partial charge is 0.271 e. The second-order valence-corrected chi connectivity index (χ2v) is 5.13. The number of hydrogen-bond acceptors (Lipinski definition) is 2. The van der Waals surface area contributed by atoms with Crippen LogP contribution in [0.4, 0.5) is 8.78 Å². The van der Waals surface area contributed by atoms with Gasteiger partial charge in [0.05, 0.1) is 6.04 Å². The molecule has 0 saturated carbocycles. The summed E-state index contributed by atoms with van der Waals surface area (Å²) in [7, 11) is 0. The molecule has 1 atom stereocenters. The summed E-state index contributed by atoms with van der Waals surface area (Å²) < 4.78 is 27.4. The first-order valence-corrected chi connectivity index (χ1v) is 6.55. The Morgan fingerprint density at radius 1 is 1.11 bits per heavy atom. The minimum Gasteiger partial charge on any atom is -0.271 e. The molecule has 19 heavy (non-hydrogen) atoms. The number of hydrogen-bond donors (Lipinski definition) is 2. The third-order valence-corrected chi connectivity index (χ3v) is 3.40. The van der Waals surface area contributed by atoms with Gasteiger partial charge in [-0.1, -0.05) is 28.1 Å². The van der Waals surface area contributed by atoms with Gasteiger partial charge in [-0.2, -0.15) is 0 Å². The number of halogens is 3. The van der Waals surface area contributed by atoms with E-state index in [2.05, 4.69) is 21.4 Å². The van der Waals surface area contributed by atoms with E-state index in [1.165, 1.54) is 18.2 Å². The predicted molar refractivity (Wildman–Crippen MR) is 74.3 cm³/mol. The first-order chi connectivity index (χ1) is 9.10. The van der Waals surface area contributed by atoms with Crippen molar-refractivity contribution in [1.82, 2.24) is 5.43 Å². The lowest BCUT2D eigenvalue weighted by atomic mass is 9.99. The van der Waals surface area contributed by atoms with Crippen LogP contribution in [-0.2, 0) is 6.42 Å². The van der Waals surface area contributed by atoms with Crippen LogP contribution in [0.5, 0.6) is 0 Å². The maximum atomic E-state index is 13.7. The fourth-order valence-corrected chi connectivity index (χ4v) is 2.30. The molecule has 1 unspecified atom stereocenters. The van der Waals surface area contributed by atoms with Gasteiger partial charge in [0.1, 0.15) is 11.6 Å². The predicted octanol–water partition coefficient (Wildman–Crippen LogP) is 3.47. The van der Waals surface area contributed by atoms with E-state index < -0.39 is 0 Å². The van der Waals surface area contributed by atoms with Crippen molar-refractivity contribution in [3.63, 3.8) is 0 Å². The fraction of sp³-hybridized carbons (Fsp3) is 0.143. The van der Waals surface area contributed by atoms with Gasteiger partial charge >= 0.3 is 0 Å². The van der Waals surface area contributed by atoms with Crippen LogP contribution >= 0.6 is 15.9 Å². The van der Waals surface area contributed by atoms with Gasteiger partial charge in [-0.15, -0.1) is 0 Å². The third-order valence-electron chi connectivity index (χ3n) is 2.91.